The molecule has 3 fully saturated rings. The topological polar surface area (TPSA) is 108 Å². The number of hydrogen-bond donors (Lipinski definition) is 3. The molecule has 0 atom stereocenters. The van der Waals surface area contributed by atoms with Crippen molar-refractivity contribution in [2.45, 2.75) is 89.7 Å². The van der Waals surface area contributed by atoms with Crippen molar-refractivity contribution >= 4 is 35.3 Å². The Bertz CT molecular complexity index is 1040. The number of likely N-dealkylation sites (tertiary alicyclic amines) is 1. The van der Waals surface area contributed by atoms with Crippen molar-refractivity contribution in [1.29, 1.82) is 0 Å². The molecule has 3 heterocycles. The van der Waals surface area contributed by atoms with Gasteiger partial charge < -0.3 is 20.3 Å². The van der Waals surface area contributed by atoms with Gasteiger partial charge in [-0.05, 0) is 77.6 Å². The number of piperidine rings is 1. The van der Waals surface area contributed by atoms with Crippen LogP contribution in [0.4, 0.5) is 22.4 Å². The molecule has 0 unspecified atom stereocenters. The summed E-state index contributed by atoms with van der Waals surface area (Å²) in [5, 5.41) is 14.7. The third kappa shape index (κ3) is 6.00. The zero-order valence-electron chi connectivity index (χ0n) is 20.9. The van der Waals surface area contributed by atoms with Crippen LogP contribution in [0.2, 0.25) is 5.02 Å². The molecule has 35 heavy (non-hydrogen) atoms. The Hall–Kier alpha value is -2.55. The fourth-order valence-electron chi connectivity index (χ4n) is 5.21. The van der Waals surface area contributed by atoms with E-state index in [-0.39, 0.29) is 6.09 Å². The summed E-state index contributed by atoms with van der Waals surface area (Å²) in [5.74, 6) is 2.47. The number of amides is 1. The Morgan fingerprint density at radius 2 is 1.89 bits per heavy atom. The van der Waals surface area contributed by atoms with Crippen LogP contribution >= 0.6 is 11.6 Å². The number of halogens is 1. The summed E-state index contributed by atoms with van der Waals surface area (Å²) >= 11 is 6.42. The van der Waals surface area contributed by atoms with Crippen LogP contribution in [0, 0.1) is 5.41 Å². The lowest BCUT2D eigenvalue weighted by Gasteiger charge is -2.46. The first-order valence-electron chi connectivity index (χ1n) is 12.8. The van der Waals surface area contributed by atoms with Crippen molar-refractivity contribution in [1.82, 2.24) is 25.1 Å². The second-order valence-electron chi connectivity index (χ2n) is 11.4. The van der Waals surface area contributed by atoms with Crippen LogP contribution in [-0.2, 0) is 4.74 Å². The van der Waals surface area contributed by atoms with E-state index in [2.05, 4.69) is 30.8 Å². The molecule has 0 aromatic carbocycles. The van der Waals surface area contributed by atoms with Crippen molar-refractivity contribution in [2.24, 2.45) is 5.41 Å². The van der Waals surface area contributed by atoms with Crippen LogP contribution in [0.1, 0.15) is 83.7 Å². The Morgan fingerprint density at radius 3 is 2.54 bits per heavy atom. The first-order chi connectivity index (χ1) is 16.7. The van der Waals surface area contributed by atoms with Gasteiger partial charge in [0.2, 0.25) is 5.95 Å². The third-order valence-corrected chi connectivity index (χ3v) is 7.74. The number of rotatable bonds is 5. The summed E-state index contributed by atoms with van der Waals surface area (Å²) in [4.78, 5) is 23.2. The van der Waals surface area contributed by atoms with Gasteiger partial charge in [0.25, 0.3) is 0 Å². The van der Waals surface area contributed by atoms with Gasteiger partial charge in [-0.1, -0.05) is 11.6 Å². The molecule has 9 nitrogen and oxygen atoms in total. The molecule has 2 aliphatic carbocycles. The normalized spacial score (nSPS) is 20.6. The molecule has 190 valence electrons. The zero-order valence-corrected chi connectivity index (χ0v) is 21.6. The minimum absolute atomic E-state index is 0.191. The van der Waals surface area contributed by atoms with E-state index in [0.717, 1.165) is 63.1 Å². The fraction of sp³-hybridized carbons (Fsp3) is 0.680. The Balaban J connectivity index is 1.13. The van der Waals surface area contributed by atoms with Gasteiger partial charge >= 0.3 is 6.09 Å². The highest BCUT2D eigenvalue weighted by molar-refractivity contribution is 6.32. The summed E-state index contributed by atoms with van der Waals surface area (Å²) in [6.07, 6.45) is 10.3. The number of ether oxygens (including phenoxy) is 1. The minimum Gasteiger partial charge on any atom is -0.444 e. The van der Waals surface area contributed by atoms with E-state index in [1.807, 2.05) is 31.7 Å². The SMILES string of the molecule is CC(C)(C)OC(=O)N1CCC2(CCC(Nc3nc(Nc4cc(C5CC5)[nH]n4)ncc3Cl)CC2)CC1. The van der Waals surface area contributed by atoms with Crippen molar-refractivity contribution in [3.63, 3.8) is 0 Å². The number of nitrogens with one attached hydrogen (secondary N) is 3. The molecule has 3 aliphatic rings. The van der Waals surface area contributed by atoms with Gasteiger partial charge in [-0.15, -0.1) is 0 Å². The molecule has 5 rings (SSSR count). The van der Waals surface area contributed by atoms with Crippen LogP contribution in [0.3, 0.4) is 0 Å². The van der Waals surface area contributed by atoms with Gasteiger partial charge in [0.05, 0.1) is 6.20 Å². The van der Waals surface area contributed by atoms with Crippen molar-refractivity contribution in [2.75, 3.05) is 23.7 Å². The van der Waals surface area contributed by atoms with Crippen LogP contribution in [-0.4, -0.2) is 55.9 Å². The summed E-state index contributed by atoms with van der Waals surface area (Å²) in [6.45, 7) is 7.28. The molecule has 3 N–H and O–H groups in total. The van der Waals surface area contributed by atoms with E-state index < -0.39 is 5.60 Å². The lowest BCUT2D eigenvalue weighted by molar-refractivity contribution is 0.00394. The number of carbonyl (C=O) groups excluding carboxylic acids is 1. The fourth-order valence-corrected chi connectivity index (χ4v) is 5.35. The Kier molecular flexibility index (Phi) is 6.55. The van der Waals surface area contributed by atoms with Crippen LogP contribution in [0.25, 0.3) is 0 Å². The summed E-state index contributed by atoms with van der Waals surface area (Å²) in [5.41, 5.74) is 1.02. The molecule has 2 saturated carbocycles. The number of H-pyrrole nitrogens is 1. The van der Waals surface area contributed by atoms with Gasteiger partial charge in [-0.2, -0.15) is 10.1 Å². The van der Waals surface area contributed by atoms with E-state index >= 15 is 0 Å². The quantitative estimate of drug-likeness (QED) is 0.471. The lowest BCUT2D eigenvalue weighted by Crippen LogP contribution is -2.47. The number of hydrogen-bond acceptors (Lipinski definition) is 7. The number of aromatic nitrogens is 4. The number of aromatic amines is 1. The van der Waals surface area contributed by atoms with E-state index in [1.165, 1.54) is 12.8 Å². The predicted octanol–water partition coefficient (Wildman–Crippen LogP) is 5.85. The van der Waals surface area contributed by atoms with Crippen LogP contribution < -0.4 is 10.6 Å². The first-order valence-corrected chi connectivity index (χ1v) is 13.2. The maximum absolute atomic E-state index is 12.4. The average Bonchev–Trinajstić information content (AvgIpc) is 3.56. The molecule has 0 radical (unpaired) electrons. The highest BCUT2D eigenvalue weighted by Crippen LogP contribution is 2.45. The molecule has 1 amide bonds. The Labute approximate surface area is 211 Å². The highest BCUT2D eigenvalue weighted by Gasteiger charge is 2.40. The molecule has 1 saturated heterocycles. The van der Waals surface area contributed by atoms with Gasteiger partial charge in [-0.3, -0.25) is 5.10 Å². The Morgan fingerprint density at radius 1 is 1.17 bits per heavy atom. The molecular weight excluding hydrogens is 466 g/mol. The lowest BCUT2D eigenvalue weighted by atomic mass is 9.67. The van der Waals surface area contributed by atoms with E-state index in [9.17, 15) is 4.79 Å². The standard InChI is InChI=1S/C25H36ClN7O2/c1-24(2,3)35-23(34)33-12-10-25(11-13-33)8-6-17(7-9-25)28-21-18(26)15-27-22(30-21)29-20-14-19(31-32-20)16-4-5-16/h14-17H,4-13H2,1-3H3,(H3,27,28,29,30,31,32). The van der Waals surface area contributed by atoms with Crippen LogP contribution in [0.5, 0.6) is 0 Å². The zero-order chi connectivity index (χ0) is 24.6. The average molecular weight is 502 g/mol. The summed E-state index contributed by atoms with van der Waals surface area (Å²) in [7, 11) is 0. The molecule has 2 aromatic heterocycles. The molecule has 1 aliphatic heterocycles. The second-order valence-corrected chi connectivity index (χ2v) is 11.8. The maximum atomic E-state index is 12.4. The monoisotopic (exact) mass is 501 g/mol. The third-order valence-electron chi connectivity index (χ3n) is 7.46. The summed E-state index contributed by atoms with van der Waals surface area (Å²) in [6, 6.07) is 2.34. The van der Waals surface area contributed by atoms with Crippen LogP contribution in [0.15, 0.2) is 12.3 Å². The molecule has 0 bridgehead atoms. The predicted molar refractivity (Wildman–Crippen MR) is 136 cm³/mol. The van der Waals surface area contributed by atoms with Gasteiger partial charge in [0.15, 0.2) is 11.6 Å². The van der Waals surface area contributed by atoms with Gasteiger partial charge in [0, 0.05) is 36.8 Å². The van der Waals surface area contributed by atoms with E-state index in [4.69, 9.17) is 16.3 Å². The van der Waals surface area contributed by atoms with Gasteiger partial charge in [0.1, 0.15) is 10.6 Å². The minimum atomic E-state index is -0.453. The molecule has 1 spiro atoms. The first kappa shape index (κ1) is 24.2. The number of nitrogens with zero attached hydrogens (tertiary/aromatic N) is 4. The smallest absolute Gasteiger partial charge is 0.410 e. The summed E-state index contributed by atoms with van der Waals surface area (Å²) < 4.78 is 5.55. The highest BCUT2D eigenvalue weighted by atomic mass is 35.5. The second kappa shape index (κ2) is 9.48. The largest absolute Gasteiger partial charge is 0.444 e. The van der Waals surface area contributed by atoms with E-state index in [0.29, 0.717) is 34.2 Å². The van der Waals surface area contributed by atoms with Crippen molar-refractivity contribution in [3.8, 4) is 0 Å². The number of anilines is 3. The molecule has 2 aromatic rings. The number of carbonyl (C=O) groups is 1. The van der Waals surface area contributed by atoms with Crippen molar-refractivity contribution < 1.29 is 9.53 Å². The van der Waals surface area contributed by atoms with Gasteiger partial charge in [-0.25, -0.2) is 9.78 Å². The van der Waals surface area contributed by atoms with Crippen molar-refractivity contribution in [3.05, 3.63) is 23.0 Å². The van der Waals surface area contributed by atoms with E-state index in [1.54, 1.807) is 6.20 Å². The molecule has 10 heteroatoms. The maximum Gasteiger partial charge on any atom is 0.410 e. The molecular formula is C25H36ClN7O2.